The monoisotopic (exact) mass is 405 g/mol. The number of likely N-dealkylation sites (N-methyl/N-ethyl adjacent to an activating group) is 1. The number of halogens is 1. The van der Waals surface area contributed by atoms with Crippen molar-refractivity contribution in [1.29, 1.82) is 0 Å². The number of benzene rings is 1. The van der Waals surface area contributed by atoms with Crippen molar-refractivity contribution in [3.63, 3.8) is 0 Å². The minimum Gasteiger partial charge on any atom is -0.327 e. The molecule has 152 valence electrons. The molecule has 0 aliphatic carbocycles. The number of rotatable bonds is 8. The molecule has 1 aromatic heterocycles. The molecule has 0 bridgehead atoms. The van der Waals surface area contributed by atoms with Crippen LogP contribution in [0.25, 0.3) is 0 Å². The molecule has 0 radical (unpaired) electrons. The maximum absolute atomic E-state index is 13.0. The molecule has 0 saturated heterocycles. The summed E-state index contributed by atoms with van der Waals surface area (Å²) in [5.74, 6) is -0.772. The zero-order valence-electron chi connectivity index (χ0n) is 16.9. The number of nitrogens with one attached hydrogen (secondary N) is 1. The number of anilines is 1. The number of hydrogen-bond acceptors (Lipinski definition) is 4. The molecule has 2 amide bonds. The maximum atomic E-state index is 13.0. The molecule has 2 aromatic rings. The summed E-state index contributed by atoms with van der Waals surface area (Å²) in [5, 5.41) is 4.74. The smallest absolute Gasteiger partial charge is 0.244 e. The Morgan fingerprint density at radius 3 is 2.32 bits per heavy atom. The highest BCUT2D eigenvalue weighted by Crippen LogP contribution is 2.17. The van der Waals surface area contributed by atoms with Gasteiger partial charge in [0.25, 0.3) is 0 Å². The number of carbonyl (C=O) groups excluding carboxylic acids is 2. The summed E-state index contributed by atoms with van der Waals surface area (Å²) in [7, 11) is 0. The van der Waals surface area contributed by atoms with Crippen molar-refractivity contribution in [3.05, 3.63) is 52.5 Å². The van der Waals surface area contributed by atoms with E-state index in [0.717, 1.165) is 6.54 Å². The molecule has 1 heterocycles. The van der Waals surface area contributed by atoms with Crippen LogP contribution in [0.15, 0.2) is 41.8 Å². The molecule has 1 aromatic carbocycles. The van der Waals surface area contributed by atoms with E-state index in [2.05, 4.69) is 16.3 Å². The highest BCUT2D eigenvalue weighted by atomic mass is 32.1. The lowest BCUT2D eigenvalue weighted by molar-refractivity contribution is -0.140. The summed E-state index contributed by atoms with van der Waals surface area (Å²) < 4.78 is 13.0. The Kier molecular flexibility index (Phi) is 7.71. The Hall–Kier alpha value is -2.25. The molecule has 0 atom stereocenters. The van der Waals surface area contributed by atoms with E-state index < -0.39 is 5.54 Å². The fourth-order valence-electron chi connectivity index (χ4n) is 2.76. The van der Waals surface area contributed by atoms with Crippen molar-refractivity contribution in [1.82, 2.24) is 9.80 Å². The van der Waals surface area contributed by atoms with E-state index >= 15 is 0 Å². The number of nitrogens with zero attached hydrogens (tertiary/aromatic N) is 2. The molecule has 0 saturated carbocycles. The largest absolute Gasteiger partial charge is 0.327 e. The Balaban J connectivity index is 2.01. The molecule has 7 heteroatoms. The quantitative estimate of drug-likeness (QED) is 0.723. The van der Waals surface area contributed by atoms with Gasteiger partial charge in [-0.05, 0) is 63.0 Å². The van der Waals surface area contributed by atoms with Gasteiger partial charge in [0.2, 0.25) is 11.8 Å². The van der Waals surface area contributed by atoms with Crippen molar-refractivity contribution in [2.45, 2.75) is 39.8 Å². The van der Waals surface area contributed by atoms with Crippen molar-refractivity contribution >= 4 is 28.8 Å². The lowest BCUT2D eigenvalue weighted by atomic mass is 10.1. The molecule has 1 N–H and O–H groups in total. The minimum absolute atomic E-state index is 0.0593. The molecule has 0 aliphatic heterocycles. The number of carbonyl (C=O) groups is 2. The summed E-state index contributed by atoms with van der Waals surface area (Å²) in [6.45, 7) is 9.38. The van der Waals surface area contributed by atoms with Crippen LogP contribution in [-0.4, -0.2) is 46.8 Å². The van der Waals surface area contributed by atoms with E-state index in [1.54, 1.807) is 16.2 Å². The average molecular weight is 406 g/mol. The van der Waals surface area contributed by atoms with Crippen molar-refractivity contribution in [2.75, 3.05) is 25.0 Å². The third kappa shape index (κ3) is 6.73. The van der Waals surface area contributed by atoms with Crippen LogP contribution in [0, 0.1) is 5.82 Å². The fraction of sp³-hybridized carbons (Fsp3) is 0.429. The van der Waals surface area contributed by atoms with Crippen LogP contribution in [0.2, 0.25) is 0 Å². The van der Waals surface area contributed by atoms with Gasteiger partial charge in [0.05, 0.1) is 6.54 Å². The minimum atomic E-state index is -0.500. The second-order valence-corrected chi connectivity index (χ2v) is 8.62. The second-order valence-electron chi connectivity index (χ2n) is 7.59. The van der Waals surface area contributed by atoms with E-state index in [4.69, 9.17) is 0 Å². The Morgan fingerprint density at radius 2 is 1.79 bits per heavy atom. The predicted octanol–water partition coefficient (Wildman–Crippen LogP) is 3.97. The number of thiophene rings is 1. The van der Waals surface area contributed by atoms with Gasteiger partial charge in [0.15, 0.2) is 0 Å². The van der Waals surface area contributed by atoms with E-state index in [9.17, 15) is 14.0 Å². The summed E-state index contributed by atoms with van der Waals surface area (Å²) in [4.78, 5) is 30.3. The average Bonchev–Trinajstić information content (AvgIpc) is 3.13. The van der Waals surface area contributed by atoms with E-state index in [0.29, 0.717) is 12.2 Å². The lowest BCUT2D eigenvalue weighted by Gasteiger charge is -2.36. The van der Waals surface area contributed by atoms with E-state index in [-0.39, 0.29) is 30.7 Å². The zero-order valence-corrected chi connectivity index (χ0v) is 17.7. The van der Waals surface area contributed by atoms with Gasteiger partial charge in [-0.25, -0.2) is 4.39 Å². The van der Waals surface area contributed by atoms with Crippen LogP contribution >= 0.6 is 11.3 Å². The summed E-state index contributed by atoms with van der Waals surface area (Å²) >= 11 is 1.66. The van der Waals surface area contributed by atoms with Crippen LogP contribution in [-0.2, 0) is 16.1 Å². The van der Waals surface area contributed by atoms with Crippen molar-refractivity contribution in [2.24, 2.45) is 0 Å². The van der Waals surface area contributed by atoms with Gasteiger partial charge in [0, 0.05) is 22.6 Å². The van der Waals surface area contributed by atoms with Crippen LogP contribution in [0.1, 0.15) is 32.6 Å². The highest BCUT2D eigenvalue weighted by Gasteiger charge is 2.29. The highest BCUT2D eigenvalue weighted by molar-refractivity contribution is 7.09. The Bertz CT molecular complexity index is 770. The fourth-order valence-corrected chi connectivity index (χ4v) is 3.50. The van der Waals surface area contributed by atoms with E-state index in [1.165, 1.54) is 29.1 Å². The molecule has 0 aliphatic rings. The maximum Gasteiger partial charge on any atom is 0.244 e. The standard InChI is InChI=1S/C21H28FN3O2S/c1-5-24(13-18-7-6-12-28-18)15-20(27)25(21(2,3)4)14-19(26)23-17-10-8-16(22)9-11-17/h6-12H,5,13-15H2,1-4H3,(H,23,26). The first-order valence-electron chi connectivity index (χ1n) is 9.29. The SMILES string of the molecule is CCN(CC(=O)N(CC(=O)Nc1ccc(F)cc1)C(C)(C)C)Cc1cccs1. The molecular formula is C21H28FN3O2S. The first kappa shape index (κ1) is 22.0. The second kappa shape index (κ2) is 9.80. The van der Waals surface area contributed by atoms with Gasteiger partial charge in [-0.2, -0.15) is 0 Å². The Labute approximate surface area is 170 Å². The van der Waals surface area contributed by atoms with Crippen LogP contribution in [0.3, 0.4) is 0 Å². The van der Waals surface area contributed by atoms with Gasteiger partial charge in [0.1, 0.15) is 12.4 Å². The van der Waals surface area contributed by atoms with Crippen LogP contribution in [0.4, 0.5) is 10.1 Å². The first-order chi connectivity index (χ1) is 13.2. The molecule has 0 fully saturated rings. The van der Waals surface area contributed by atoms with Crippen LogP contribution < -0.4 is 5.32 Å². The number of amides is 2. The molecule has 28 heavy (non-hydrogen) atoms. The Morgan fingerprint density at radius 1 is 1.11 bits per heavy atom. The molecule has 0 unspecified atom stereocenters. The molecule has 2 rings (SSSR count). The van der Waals surface area contributed by atoms with Crippen molar-refractivity contribution in [3.8, 4) is 0 Å². The summed E-state index contributed by atoms with van der Waals surface area (Å²) in [6, 6.07) is 9.61. The zero-order chi connectivity index (χ0) is 20.7. The molecule has 0 spiro atoms. The van der Waals surface area contributed by atoms with Crippen LogP contribution in [0.5, 0.6) is 0 Å². The normalized spacial score (nSPS) is 11.5. The number of hydrogen-bond donors (Lipinski definition) is 1. The van der Waals surface area contributed by atoms with Gasteiger partial charge in [-0.3, -0.25) is 14.5 Å². The first-order valence-corrected chi connectivity index (χ1v) is 10.2. The molecular weight excluding hydrogens is 377 g/mol. The van der Waals surface area contributed by atoms with Gasteiger partial charge < -0.3 is 10.2 Å². The summed E-state index contributed by atoms with van der Waals surface area (Å²) in [6.07, 6.45) is 0. The van der Waals surface area contributed by atoms with Crippen molar-refractivity contribution < 1.29 is 14.0 Å². The predicted molar refractivity (Wildman–Crippen MR) is 112 cm³/mol. The third-order valence-corrected chi connectivity index (χ3v) is 5.17. The summed E-state index contributed by atoms with van der Waals surface area (Å²) in [5.41, 5.74) is 0.000111. The van der Waals surface area contributed by atoms with Gasteiger partial charge >= 0.3 is 0 Å². The van der Waals surface area contributed by atoms with Gasteiger partial charge in [-0.15, -0.1) is 11.3 Å². The topological polar surface area (TPSA) is 52.7 Å². The molecule has 5 nitrogen and oxygen atoms in total. The van der Waals surface area contributed by atoms with Gasteiger partial charge in [-0.1, -0.05) is 13.0 Å². The lowest BCUT2D eigenvalue weighted by Crippen LogP contribution is -2.52. The van der Waals surface area contributed by atoms with E-state index in [1.807, 2.05) is 39.1 Å². The third-order valence-electron chi connectivity index (χ3n) is 4.31.